The predicted octanol–water partition coefficient (Wildman–Crippen LogP) is 3.64. The molecule has 1 saturated heterocycles. The van der Waals surface area contributed by atoms with Crippen LogP contribution in [0.25, 0.3) is 0 Å². The Kier molecular flexibility index (Phi) is 9.86. The summed E-state index contributed by atoms with van der Waals surface area (Å²) in [7, 11) is 0. The van der Waals surface area contributed by atoms with E-state index in [9.17, 15) is 9.59 Å². The smallest absolute Gasteiger partial charge is 0.404 e. The van der Waals surface area contributed by atoms with Gasteiger partial charge in [0.15, 0.2) is 0 Å². The second-order valence-electron chi connectivity index (χ2n) is 5.38. The molecule has 0 aliphatic carbocycles. The molecule has 5 nitrogen and oxygen atoms in total. The third kappa shape index (κ3) is 8.77. The molecule has 120 valence electrons. The Hall–Kier alpha value is -1.26. The molecule has 2 N–H and O–H groups in total. The molecule has 1 amide bonds. The molecule has 5 heteroatoms. The quantitative estimate of drug-likeness (QED) is 0.573. The number of hydrogen-bond donors (Lipinski definition) is 1. The summed E-state index contributed by atoms with van der Waals surface area (Å²) in [5.74, 6) is 0.0764. The molecule has 0 bridgehead atoms. The largest absolute Gasteiger partial charge is 0.461 e. The van der Waals surface area contributed by atoms with E-state index in [2.05, 4.69) is 11.7 Å². The van der Waals surface area contributed by atoms with Gasteiger partial charge in [0.1, 0.15) is 12.2 Å². The molecular formula is C15H31NO4. The molecular weight excluding hydrogens is 258 g/mol. The standard InChI is InChI=1S/C10H21NO2.C5H8O2.H2/c1-3-4-5-6-7-8-9(2)13-10(11)12;1-3-4(2)7-5(3)6;/h9H,3-8H2,1-2H3,(H2,11,12);3-4H,1-2H3;1H/t9-;3-,4+;/m01./s1. The van der Waals surface area contributed by atoms with Gasteiger partial charge in [-0.2, -0.15) is 0 Å². The Bertz CT molecular complexity index is 299. The van der Waals surface area contributed by atoms with Crippen LogP contribution in [0, 0.1) is 5.92 Å². The van der Waals surface area contributed by atoms with Crippen molar-refractivity contribution in [3.63, 3.8) is 0 Å². The molecule has 0 saturated carbocycles. The van der Waals surface area contributed by atoms with Crippen molar-refractivity contribution < 1.29 is 20.5 Å². The molecule has 0 aromatic carbocycles. The number of hydrogen-bond acceptors (Lipinski definition) is 4. The van der Waals surface area contributed by atoms with Crippen LogP contribution in [0.5, 0.6) is 0 Å². The van der Waals surface area contributed by atoms with Gasteiger partial charge in [0.05, 0.1) is 5.92 Å². The van der Waals surface area contributed by atoms with Crippen molar-refractivity contribution in [1.29, 1.82) is 0 Å². The van der Waals surface area contributed by atoms with Gasteiger partial charge in [0.2, 0.25) is 0 Å². The highest BCUT2D eigenvalue weighted by Crippen LogP contribution is 2.19. The minimum absolute atomic E-state index is 0. The fraction of sp³-hybridized carbons (Fsp3) is 0.867. The molecule has 1 aliphatic rings. The Morgan fingerprint density at radius 1 is 1.35 bits per heavy atom. The van der Waals surface area contributed by atoms with E-state index in [4.69, 9.17) is 10.5 Å². The molecule has 0 aromatic rings. The highest BCUT2D eigenvalue weighted by molar-refractivity contribution is 5.77. The predicted molar refractivity (Wildman–Crippen MR) is 80.3 cm³/mol. The lowest BCUT2D eigenvalue weighted by Gasteiger charge is -2.28. The lowest BCUT2D eigenvalue weighted by molar-refractivity contribution is -0.179. The third-order valence-electron chi connectivity index (χ3n) is 3.41. The molecule has 1 rings (SSSR count). The molecule has 0 spiro atoms. The van der Waals surface area contributed by atoms with Gasteiger partial charge in [-0.25, -0.2) is 4.79 Å². The summed E-state index contributed by atoms with van der Waals surface area (Å²) in [4.78, 5) is 20.6. The SMILES string of the molecule is CCCCCCC[C@H](C)OC(N)=O.C[C@@H]1OC(=O)[C@@H]1C.[HH]. The number of cyclic esters (lactones) is 1. The fourth-order valence-corrected chi connectivity index (χ4v) is 1.80. The summed E-state index contributed by atoms with van der Waals surface area (Å²) in [5.41, 5.74) is 4.88. The van der Waals surface area contributed by atoms with E-state index in [1.54, 1.807) is 0 Å². The van der Waals surface area contributed by atoms with Crippen LogP contribution in [0.4, 0.5) is 4.79 Å². The van der Waals surface area contributed by atoms with Crippen LogP contribution in [0.3, 0.4) is 0 Å². The molecule has 1 aliphatic heterocycles. The molecule has 3 atom stereocenters. The summed E-state index contributed by atoms with van der Waals surface area (Å²) < 4.78 is 9.41. The van der Waals surface area contributed by atoms with Crippen LogP contribution in [0.2, 0.25) is 0 Å². The first-order valence-electron chi connectivity index (χ1n) is 7.55. The van der Waals surface area contributed by atoms with Crippen molar-refractivity contribution in [3.8, 4) is 0 Å². The molecule has 1 fully saturated rings. The van der Waals surface area contributed by atoms with E-state index < -0.39 is 6.09 Å². The van der Waals surface area contributed by atoms with Crippen molar-refractivity contribution in [1.82, 2.24) is 0 Å². The van der Waals surface area contributed by atoms with Crippen LogP contribution in [-0.4, -0.2) is 24.3 Å². The number of ether oxygens (including phenoxy) is 2. The van der Waals surface area contributed by atoms with Gasteiger partial charge < -0.3 is 15.2 Å². The topological polar surface area (TPSA) is 78.6 Å². The Balaban J connectivity index is 0. The third-order valence-corrected chi connectivity index (χ3v) is 3.41. The minimum atomic E-state index is -0.666. The number of nitrogens with two attached hydrogens (primary N) is 1. The van der Waals surface area contributed by atoms with E-state index >= 15 is 0 Å². The van der Waals surface area contributed by atoms with E-state index in [0.29, 0.717) is 0 Å². The van der Waals surface area contributed by atoms with Gasteiger partial charge >= 0.3 is 12.1 Å². The Morgan fingerprint density at radius 2 is 1.95 bits per heavy atom. The second-order valence-corrected chi connectivity index (χ2v) is 5.38. The number of rotatable bonds is 7. The van der Waals surface area contributed by atoms with E-state index in [0.717, 1.165) is 12.8 Å². The maximum Gasteiger partial charge on any atom is 0.404 e. The van der Waals surface area contributed by atoms with Gasteiger partial charge in [-0.3, -0.25) is 4.79 Å². The van der Waals surface area contributed by atoms with Crippen LogP contribution >= 0.6 is 0 Å². The van der Waals surface area contributed by atoms with Crippen LogP contribution in [-0.2, 0) is 14.3 Å². The molecule has 0 unspecified atom stereocenters. The number of amides is 1. The summed E-state index contributed by atoms with van der Waals surface area (Å²) >= 11 is 0. The van der Waals surface area contributed by atoms with Crippen molar-refractivity contribution in [2.75, 3.05) is 0 Å². The summed E-state index contributed by atoms with van der Waals surface area (Å²) in [6.45, 7) is 7.84. The first-order chi connectivity index (χ1) is 9.38. The van der Waals surface area contributed by atoms with E-state index in [1.807, 2.05) is 20.8 Å². The highest BCUT2D eigenvalue weighted by Gasteiger charge is 2.34. The van der Waals surface area contributed by atoms with Gasteiger partial charge in [-0.15, -0.1) is 0 Å². The molecule has 20 heavy (non-hydrogen) atoms. The molecule has 0 aromatic heterocycles. The van der Waals surface area contributed by atoms with E-state index in [1.165, 1.54) is 25.7 Å². The lowest BCUT2D eigenvalue weighted by atomic mass is 10.0. The number of carbonyl (C=O) groups is 2. The van der Waals surface area contributed by atoms with E-state index in [-0.39, 0.29) is 25.5 Å². The average Bonchev–Trinajstić information content (AvgIpc) is 2.38. The Labute approximate surface area is 123 Å². The second kappa shape index (κ2) is 10.5. The Morgan fingerprint density at radius 3 is 2.30 bits per heavy atom. The van der Waals surface area contributed by atoms with Crippen molar-refractivity contribution >= 4 is 12.1 Å². The van der Waals surface area contributed by atoms with Crippen molar-refractivity contribution in [2.45, 2.75) is 78.4 Å². The zero-order chi connectivity index (χ0) is 15.5. The maximum absolute atomic E-state index is 10.3. The number of primary amides is 1. The first-order valence-corrected chi connectivity index (χ1v) is 7.55. The van der Waals surface area contributed by atoms with Gasteiger partial charge in [-0.1, -0.05) is 32.6 Å². The van der Waals surface area contributed by atoms with Crippen molar-refractivity contribution in [3.05, 3.63) is 0 Å². The summed E-state index contributed by atoms with van der Waals surface area (Å²) in [5, 5.41) is 0. The molecule has 0 radical (unpaired) electrons. The molecule has 1 heterocycles. The normalized spacial score (nSPS) is 21.9. The van der Waals surface area contributed by atoms with Gasteiger partial charge in [-0.05, 0) is 33.6 Å². The lowest BCUT2D eigenvalue weighted by Crippen LogP contribution is -2.40. The monoisotopic (exact) mass is 289 g/mol. The highest BCUT2D eigenvalue weighted by atomic mass is 16.6. The van der Waals surface area contributed by atoms with Gasteiger partial charge in [0.25, 0.3) is 0 Å². The van der Waals surface area contributed by atoms with Crippen LogP contribution in [0.1, 0.15) is 67.6 Å². The number of esters is 1. The maximum atomic E-state index is 10.3. The van der Waals surface area contributed by atoms with Gasteiger partial charge in [0, 0.05) is 1.43 Å². The van der Waals surface area contributed by atoms with Crippen LogP contribution < -0.4 is 5.73 Å². The van der Waals surface area contributed by atoms with Crippen molar-refractivity contribution in [2.24, 2.45) is 11.7 Å². The summed E-state index contributed by atoms with van der Waals surface area (Å²) in [6, 6.07) is 0. The number of carbonyl (C=O) groups excluding carboxylic acids is 2. The zero-order valence-corrected chi connectivity index (χ0v) is 13.2. The summed E-state index contributed by atoms with van der Waals surface area (Å²) in [6.07, 6.45) is 6.56. The first kappa shape index (κ1) is 18.7. The fourth-order valence-electron chi connectivity index (χ4n) is 1.80. The zero-order valence-electron chi connectivity index (χ0n) is 13.2. The average molecular weight is 289 g/mol. The minimum Gasteiger partial charge on any atom is -0.461 e. The van der Waals surface area contributed by atoms with Crippen LogP contribution in [0.15, 0.2) is 0 Å². The number of unbranched alkanes of at least 4 members (excludes halogenated alkanes) is 4.